The van der Waals surface area contributed by atoms with Gasteiger partial charge in [0, 0.05) is 19.5 Å². The molecule has 1 atom stereocenters. The Morgan fingerprint density at radius 1 is 1.44 bits per heavy atom. The summed E-state index contributed by atoms with van der Waals surface area (Å²) in [5.74, 6) is -1.90. The number of hydrogen-bond acceptors (Lipinski definition) is 2. The largest absolute Gasteiger partial charge is 0.391 e. The van der Waals surface area contributed by atoms with Gasteiger partial charge in [0.05, 0.1) is 6.10 Å². The van der Waals surface area contributed by atoms with Crippen molar-refractivity contribution in [1.29, 1.82) is 0 Å². The molecule has 18 heavy (non-hydrogen) atoms. The molecule has 1 aliphatic heterocycles. The molecule has 5 heteroatoms. The van der Waals surface area contributed by atoms with E-state index in [2.05, 4.69) is 0 Å². The minimum atomic E-state index is -0.892. The van der Waals surface area contributed by atoms with E-state index in [-0.39, 0.29) is 24.3 Å². The van der Waals surface area contributed by atoms with Crippen molar-refractivity contribution in [3.63, 3.8) is 0 Å². The zero-order valence-electron chi connectivity index (χ0n) is 9.90. The van der Waals surface area contributed by atoms with Crippen LogP contribution in [0.2, 0.25) is 0 Å². The molecule has 1 heterocycles. The van der Waals surface area contributed by atoms with Crippen LogP contribution in [0.25, 0.3) is 0 Å². The summed E-state index contributed by atoms with van der Waals surface area (Å²) in [5.41, 5.74) is 0.211. The average molecular weight is 255 g/mol. The van der Waals surface area contributed by atoms with E-state index in [4.69, 9.17) is 0 Å². The molecule has 0 aliphatic carbocycles. The molecule has 3 nitrogen and oxygen atoms in total. The zero-order valence-corrected chi connectivity index (χ0v) is 9.90. The number of amides is 1. The number of aliphatic hydroxyl groups excluding tert-OH is 1. The smallest absolute Gasteiger partial charge is 0.222 e. The lowest BCUT2D eigenvalue weighted by atomic mass is 10.1. The van der Waals surface area contributed by atoms with Crippen molar-refractivity contribution in [2.45, 2.75) is 25.4 Å². The van der Waals surface area contributed by atoms with Gasteiger partial charge in [-0.05, 0) is 24.5 Å². The van der Waals surface area contributed by atoms with Crippen LogP contribution < -0.4 is 0 Å². The molecule has 0 radical (unpaired) electrons. The summed E-state index contributed by atoms with van der Waals surface area (Å²) in [6.07, 6.45) is 0.433. The molecule has 98 valence electrons. The fourth-order valence-corrected chi connectivity index (χ4v) is 2.11. The highest BCUT2D eigenvalue weighted by atomic mass is 19.2. The summed E-state index contributed by atoms with van der Waals surface area (Å²) in [7, 11) is 0. The molecule has 0 spiro atoms. The predicted molar refractivity (Wildman–Crippen MR) is 61.9 cm³/mol. The number of likely N-dealkylation sites (tertiary alicyclic amines) is 1. The third kappa shape index (κ3) is 2.85. The highest BCUT2D eigenvalue weighted by Gasteiger charge is 2.24. The van der Waals surface area contributed by atoms with Crippen LogP contribution in [0.5, 0.6) is 0 Å². The standard InChI is InChI=1S/C13H15F2NO2/c14-11-3-1-2-9(13(11)15)4-5-12(18)16-7-6-10(17)8-16/h1-3,10,17H,4-8H2/t10-/m1/s1. The Morgan fingerprint density at radius 3 is 2.89 bits per heavy atom. The Kier molecular flexibility index (Phi) is 3.91. The molecule has 0 unspecified atom stereocenters. The maximum atomic E-state index is 13.4. The summed E-state index contributed by atoms with van der Waals surface area (Å²) in [6, 6.07) is 3.96. The van der Waals surface area contributed by atoms with Gasteiger partial charge < -0.3 is 10.0 Å². The number of nitrogens with zero attached hydrogens (tertiary/aromatic N) is 1. The minimum Gasteiger partial charge on any atom is -0.391 e. The van der Waals surface area contributed by atoms with Gasteiger partial charge in [0.1, 0.15) is 0 Å². The number of benzene rings is 1. The van der Waals surface area contributed by atoms with Gasteiger partial charge in [-0.3, -0.25) is 4.79 Å². The van der Waals surface area contributed by atoms with Crippen molar-refractivity contribution in [1.82, 2.24) is 4.90 Å². The van der Waals surface area contributed by atoms with Gasteiger partial charge in [-0.2, -0.15) is 0 Å². The molecule has 1 amide bonds. The topological polar surface area (TPSA) is 40.5 Å². The Bertz CT molecular complexity index is 451. The highest BCUT2D eigenvalue weighted by Crippen LogP contribution is 2.15. The van der Waals surface area contributed by atoms with Gasteiger partial charge in [0.2, 0.25) is 5.91 Å². The molecule has 1 aromatic carbocycles. The fourth-order valence-electron chi connectivity index (χ4n) is 2.11. The number of carbonyl (C=O) groups excluding carboxylic acids is 1. The van der Waals surface area contributed by atoms with Gasteiger partial charge in [0.15, 0.2) is 11.6 Å². The summed E-state index contributed by atoms with van der Waals surface area (Å²) >= 11 is 0. The van der Waals surface area contributed by atoms with Crippen molar-refractivity contribution in [3.05, 3.63) is 35.4 Å². The van der Waals surface area contributed by atoms with Gasteiger partial charge in [0.25, 0.3) is 0 Å². The van der Waals surface area contributed by atoms with Crippen molar-refractivity contribution in [3.8, 4) is 0 Å². The average Bonchev–Trinajstić information content (AvgIpc) is 2.77. The third-order valence-electron chi connectivity index (χ3n) is 3.16. The molecule has 0 bridgehead atoms. The number of rotatable bonds is 3. The first-order chi connectivity index (χ1) is 8.58. The number of halogens is 2. The van der Waals surface area contributed by atoms with E-state index in [1.54, 1.807) is 4.90 Å². The second-order valence-electron chi connectivity index (χ2n) is 4.50. The van der Waals surface area contributed by atoms with E-state index in [9.17, 15) is 18.7 Å². The van der Waals surface area contributed by atoms with E-state index in [0.29, 0.717) is 19.5 Å². The van der Waals surface area contributed by atoms with Gasteiger partial charge >= 0.3 is 0 Å². The maximum Gasteiger partial charge on any atom is 0.222 e. The van der Waals surface area contributed by atoms with Crippen LogP contribution in [0, 0.1) is 11.6 Å². The molecule has 2 rings (SSSR count). The summed E-state index contributed by atoms with van der Waals surface area (Å²) in [6.45, 7) is 0.871. The molecule has 1 fully saturated rings. The van der Waals surface area contributed by atoms with Crippen molar-refractivity contribution >= 4 is 5.91 Å². The lowest BCUT2D eigenvalue weighted by Gasteiger charge is -2.15. The summed E-state index contributed by atoms with van der Waals surface area (Å²) in [5, 5.41) is 9.31. The number of aliphatic hydroxyl groups is 1. The molecular weight excluding hydrogens is 240 g/mol. The van der Waals surface area contributed by atoms with Crippen molar-refractivity contribution in [2.75, 3.05) is 13.1 Å². The molecule has 0 saturated carbocycles. The van der Waals surface area contributed by atoms with Crippen LogP contribution in [-0.2, 0) is 11.2 Å². The van der Waals surface area contributed by atoms with Crippen LogP contribution in [0.1, 0.15) is 18.4 Å². The van der Waals surface area contributed by atoms with E-state index in [0.717, 1.165) is 6.07 Å². The highest BCUT2D eigenvalue weighted by molar-refractivity contribution is 5.76. The predicted octanol–water partition coefficient (Wildman–Crippen LogP) is 1.49. The van der Waals surface area contributed by atoms with E-state index >= 15 is 0 Å². The fraction of sp³-hybridized carbons (Fsp3) is 0.462. The van der Waals surface area contributed by atoms with Crippen molar-refractivity contribution < 1.29 is 18.7 Å². The summed E-state index contributed by atoms with van der Waals surface area (Å²) in [4.78, 5) is 13.3. The maximum absolute atomic E-state index is 13.4. The van der Waals surface area contributed by atoms with Crippen LogP contribution in [-0.4, -0.2) is 35.1 Å². The zero-order chi connectivity index (χ0) is 13.1. The minimum absolute atomic E-state index is 0.129. The Morgan fingerprint density at radius 2 is 2.22 bits per heavy atom. The quantitative estimate of drug-likeness (QED) is 0.889. The Hall–Kier alpha value is -1.49. The van der Waals surface area contributed by atoms with Crippen LogP contribution >= 0.6 is 0 Å². The lowest BCUT2D eigenvalue weighted by molar-refractivity contribution is -0.130. The Labute approximate surface area is 104 Å². The molecule has 1 saturated heterocycles. The van der Waals surface area contributed by atoms with Crippen LogP contribution in [0.4, 0.5) is 8.78 Å². The third-order valence-corrected chi connectivity index (χ3v) is 3.16. The van der Waals surface area contributed by atoms with Crippen molar-refractivity contribution in [2.24, 2.45) is 0 Å². The lowest BCUT2D eigenvalue weighted by Crippen LogP contribution is -2.29. The number of aryl methyl sites for hydroxylation is 1. The SMILES string of the molecule is O=C(CCc1cccc(F)c1F)N1CC[C@@H](O)C1. The Balaban J connectivity index is 1.91. The molecule has 0 aromatic heterocycles. The van der Waals surface area contributed by atoms with E-state index < -0.39 is 17.7 Å². The van der Waals surface area contributed by atoms with Gasteiger partial charge in [-0.1, -0.05) is 12.1 Å². The molecule has 1 N–H and O–H groups in total. The first kappa shape index (κ1) is 13.0. The number of hydrogen-bond donors (Lipinski definition) is 1. The second kappa shape index (κ2) is 5.44. The van der Waals surface area contributed by atoms with Crippen LogP contribution in [0.3, 0.4) is 0 Å². The first-order valence-corrected chi connectivity index (χ1v) is 5.96. The first-order valence-electron chi connectivity index (χ1n) is 5.96. The molecule has 1 aliphatic rings. The summed E-state index contributed by atoms with van der Waals surface area (Å²) < 4.78 is 26.3. The van der Waals surface area contributed by atoms with Gasteiger partial charge in [-0.15, -0.1) is 0 Å². The number of carbonyl (C=O) groups is 1. The number of β-amino-alcohol motifs (C(OH)–C–C–N with tert-alkyl or cyclic N) is 1. The molecular formula is C13H15F2NO2. The van der Waals surface area contributed by atoms with E-state index in [1.807, 2.05) is 0 Å². The second-order valence-corrected chi connectivity index (χ2v) is 4.50. The molecule has 1 aromatic rings. The normalized spacial score (nSPS) is 19.3. The van der Waals surface area contributed by atoms with Crippen LogP contribution in [0.15, 0.2) is 18.2 Å². The van der Waals surface area contributed by atoms with Gasteiger partial charge in [-0.25, -0.2) is 8.78 Å². The van der Waals surface area contributed by atoms with E-state index in [1.165, 1.54) is 12.1 Å². The monoisotopic (exact) mass is 255 g/mol.